The third-order valence-corrected chi connectivity index (χ3v) is 7.08. The van der Waals surface area contributed by atoms with Crippen LogP contribution in [0.25, 0.3) is 6.08 Å². The lowest BCUT2D eigenvalue weighted by Gasteiger charge is -2.18. The zero-order valence-corrected chi connectivity index (χ0v) is 17.2. The van der Waals surface area contributed by atoms with Crippen molar-refractivity contribution in [3.8, 4) is 11.5 Å². The molecule has 0 radical (unpaired) electrons. The van der Waals surface area contributed by atoms with Gasteiger partial charge in [0.25, 0.3) is 5.91 Å². The van der Waals surface area contributed by atoms with E-state index in [0.717, 1.165) is 5.56 Å². The van der Waals surface area contributed by atoms with E-state index in [1.807, 2.05) is 12.1 Å². The number of amides is 2. The molecule has 2 atom stereocenters. The van der Waals surface area contributed by atoms with Crippen LogP contribution < -0.4 is 14.8 Å². The Labute approximate surface area is 175 Å². The van der Waals surface area contributed by atoms with Crippen molar-refractivity contribution < 1.29 is 24.2 Å². The molecule has 0 saturated carbocycles. The van der Waals surface area contributed by atoms with Gasteiger partial charge in [-0.25, -0.2) is 0 Å². The van der Waals surface area contributed by atoms with Crippen LogP contribution >= 0.6 is 35.7 Å². The number of thiocarbonyl (C=S) groups is 1. The molecule has 0 aromatic heterocycles. The number of nitrogens with one attached hydrogen (secondary N) is 1. The summed E-state index contributed by atoms with van der Waals surface area (Å²) in [7, 11) is 0. The summed E-state index contributed by atoms with van der Waals surface area (Å²) in [6.07, 6.45) is 1.38. The summed E-state index contributed by atoms with van der Waals surface area (Å²) >= 11 is 8.14. The Morgan fingerprint density at radius 2 is 2.18 bits per heavy atom. The van der Waals surface area contributed by atoms with Gasteiger partial charge in [0.2, 0.25) is 12.7 Å². The van der Waals surface area contributed by atoms with Crippen LogP contribution in [0, 0.1) is 0 Å². The number of aliphatic hydroxyl groups excluding tert-OH is 1. The molecule has 3 aliphatic rings. The summed E-state index contributed by atoms with van der Waals surface area (Å²) in [5, 5.41) is 12.6. The van der Waals surface area contributed by atoms with Crippen LogP contribution in [-0.4, -0.2) is 63.1 Å². The molecule has 3 aliphatic heterocycles. The van der Waals surface area contributed by atoms with Crippen molar-refractivity contribution in [1.29, 1.82) is 0 Å². The molecule has 0 spiro atoms. The van der Waals surface area contributed by atoms with E-state index in [1.54, 1.807) is 23.9 Å². The second kappa shape index (κ2) is 8.32. The highest BCUT2D eigenvalue weighted by Gasteiger charge is 2.33. The standard InChI is InChI=1S/C18H18N2O5S3/c21-12-8-27-7-11(12)19-16(22)3-4-20-17(23)15(28-18(20)26)6-10-1-2-13-14(5-10)25-9-24-13/h1-2,5-6,11-12,21H,3-4,7-9H2,(H,19,22)/b15-6+/t11-,12+/m0/s1. The fourth-order valence-electron chi connectivity index (χ4n) is 3.02. The minimum atomic E-state index is -0.518. The summed E-state index contributed by atoms with van der Waals surface area (Å²) in [6, 6.07) is 5.23. The van der Waals surface area contributed by atoms with E-state index in [4.69, 9.17) is 21.7 Å². The number of benzene rings is 1. The minimum absolute atomic E-state index is 0.137. The number of fused-ring (bicyclic) bond motifs is 1. The lowest BCUT2D eigenvalue weighted by atomic mass is 10.2. The van der Waals surface area contributed by atoms with Crippen molar-refractivity contribution in [3.63, 3.8) is 0 Å². The van der Waals surface area contributed by atoms with Gasteiger partial charge < -0.3 is 19.9 Å². The number of carbonyl (C=O) groups excluding carboxylic acids is 2. The fraction of sp³-hybridized carbons (Fsp3) is 0.389. The number of rotatable bonds is 5. The SMILES string of the molecule is O=C(CCN1C(=O)/C(=C\c2ccc3c(c2)OCO3)SC1=S)N[C@H]1CSC[C@H]1O. The average Bonchev–Trinajstić information content (AvgIpc) is 3.35. The van der Waals surface area contributed by atoms with E-state index in [2.05, 4.69) is 5.32 Å². The molecule has 28 heavy (non-hydrogen) atoms. The molecular formula is C18H18N2O5S3. The van der Waals surface area contributed by atoms with Crippen molar-refractivity contribution in [3.05, 3.63) is 28.7 Å². The molecule has 7 nitrogen and oxygen atoms in total. The molecule has 3 heterocycles. The molecule has 0 aliphatic carbocycles. The van der Waals surface area contributed by atoms with Gasteiger partial charge in [0.15, 0.2) is 11.5 Å². The Hall–Kier alpha value is -1.75. The Morgan fingerprint density at radius 3 is 2.96 bits per heavy atom. The van der Waals surface area contributed by atoms with Gasteiger partial charge in [-0.1, -0.05) is 30.0 Å². The molecular weight excluding hydrogens is 420 g/mol. The first-order valence-electron chi connectivity index (χ1n) is 8.71. The third kappa shape index (κ3) is 4.14. The number of hydrogen-bond donors (Lipinski definition) is 2. The first-order valence-corrected chi connectivity index (χ1v) is 11.1. The molecule has 1 aromatic carbocycles. The molecule has 148 valence electrons. The summed E-state index contributed by atoms with van der Waals surface area (Å²) < 4.78 is 11.1. The van der Waals surface area contributed by atoms with E-state index in [1.165, 1.54) is 16.7 Å². The van der Waals surface area contributed by atoms with Gasteiger partial charge >= 0.3 is 0 Å². The topological polar surface area (TPSA) is 88.1 Å². The molecule has 0 bridgehead atoms. The van der Waals surface area contributed by atoms with E-state index >= 15 is 0 Å². The predicted octanol–water partition coefficient (Wildman–Crippen LogP) is 1.60. The third-order valence-electron chi connectivity index (χ3n) is 4.53. The van der Waals surface area contributed by atoms with Crippen LogP contribution in [0.4, 0.5) is 0 Å². The number of thioether (sulfide) groups is 2. The smallest absolute Gasteiger partial charge is 0.266 e. The van der Waals surface area contributed by atoms with Gasteiger partial charge in [-0.15, -0.1) is 0 Å². The van der Waals surface area contributed by atoms with E-state index in [-0.39, 0.29) is 37.6 Å². The Balaban J connectivity index is 1.36. The maximum Gasteiger partial charge on any atom is 0.266 e. The molecule has 2 N–H and O–H groups in total. The number of carbonyl (C=O) groups is 2. The van der Waals surface area contributed by atoms with Gasteiger partial charge in [0, 0.05) is 24.5 Å². The fourth-order valence-corrected chi connectivity index (χ4v) is 5.50. The first kappa shape index (κ1) is 19.6. The van der Waals surface area contributed by atoms with Crippen LogP contribution in [0.5, 0.6) is 11.5 Å². The van der Waals surface area contributed by atoms with Gasteiger partial charge in [-0.2, -0.15) is 11.8 Å². The highest BCUT2D eigenvalue weighted by atomic mass is 32.2. The maximum atomic E-state index is 12.7. The predicted molar refractivity (Wildman–Crippen MR) is 112 cm³/mol. The number of ether oxygens (including phenoxy) is 2. The average molecular weight is 439 g/mol. The van der Waals surface area contributed by atoms with Crippen molar-refractivity contribution in [2.75, 3.05) is 24.8 Å². The molecule has 2 fully saturated rings. The van der Waals surface area contributed by atoms with Crippen LogP contribution in [-0.2, 0) is 9.59 Å². The first-order chi connectivity index (χ1) is 13.5. The number of nitrogens with zero attached hydrogens (tertiary/aromatic N) is 1. The Bertz CT molecular complexity index is 860. The monoisotopic (exact) mass is 438 g/mol. The van der Waals surface area contributed by atoms with Crippen molar-refractivity contribution in [1.82, 2.24) is 10.2 Å². The van der Waals surface area contributed by atoms with Crippen LogP contribution in [0.1, 0.15) is 12.0 Å². The zero-order chi connectivity index (χ0) is 19.7. The van der Waals surface area contributed by atoms with Crippen LogP contribution in [0.3, 0.4) is 0 Å². The van der Waals surface area contributed by atoms with Crippen molar-refractivity contribution >= 4 is 58.0 Å². The van der Waals surface area contributed by atoms with Gasteiger partial charge in [0.1, 0.15) is 4.32 Å². The maximum absolute atomic E-state index is 12.7. The second-order valence-electron chi connectivity index (χ2n) is 6.47. The van der Waals surface area contributed by atoms with Crippen molar-refractivity contribution in [2.45, 2.75) is 18.6 Å². The number of hydrogen-bond acceptors (Lipinski definition) is 8. The van der Waals surface area contributed by atoms with Gasteiger partial charge in [-0.05, 0) is 23.8 Å². The minimum Gasteiger partial charge on any atom is -0.454 e. The number of aliphatic hydroxyl groups is 1. The molecule has 2 amide bonds. The molecule has 0 unspecified atom stereocenters. The Kier molecular flexibility index (Phi) is 5.81. The summed E-state index contributed by atoms with van der Waals surface area (Å²) in [5.41, 5.74) is 0.815. The molecule has 2 saturated heterocycles. The van der Waals surface area contributed by atoms with E-state index < -0.39 is 6.10 Å². The van der Waals surface area contributed by atoms with Crippen LogP contribution in [0.15, 0.2) is 23.1 Å². The molecule has 1 aromatic rings. The molecule has 10 heteroatoms. The van der Waals surface area contributed by atoms with Gasteiger partial charge in [0.05, 0.1) is 17.1 Å². The van der Waals surface area contributed by atoms with Crippen LogP contribution in [0.2, 0.25) is 0 Å². The lowest BCUT2D eigenvalue weighted by Crippen LogP contribution is -2.43. The van der Waals surface area contributed by atoms with E-state index in [0.29, 0.717) is 32.2 Å². The van der Waals surface area contributed by atoms with E-state index in [9.17, 15) is 14.7 Å². The highest BCUT2D eigenvalue weighted by molar-refractivity contribution is 8.26. The Morgan fingerprint density at radius 1 is 1.36 bits per heavy atom. The zero-order valence-electron chi connectivity index (χ0n) is 14.8. The quantitative estimate of drug-likeness (QED) is 0.530. The van der Waals surface area contributed by atoms with Gasteiger partial charge in [-0.3, -0.25) is 14.5 Å². The highest BCUT2D eigenvalue weighted by Crippen LogP contribution is 2.36. The normalized spacial score (nSPS) is 25.0. The molecule has 4 rings (SSSR count). The largest absolute Gasteiger partial charge is 0.454 e. The summed E-state index contributed by atoms with van der Waals surface area (Å²) in [6.45, 7) is 0.407. The van der Waals surface area contributed by atoms with Crippen molar-refractivity contribution in [2.24, 2.45) is 0 Å². The second-order valence-corrected chi connectivity index (χ2v) is 9.23. The summed E-state index contributed by atoms with van der Waals surface area (Å²) in [5.74, 6) is 2.25. The lowest BCUT2D eigenvalue weighted by molar-refractivity contribution is -0.124. The summed E-state index contributed by atoms with van der Waals surface area (Å²) in [4.78, 5) is 26.8.